The van der Waals surface area contributed by atoms with E-state index in [4.69, 9.17) is 9.47 Å². The van der Waals surface area contributed by atoms with Gasteiger partial charge in [0.15, 0.2) is 18.1 Å². The van der Waals surface area contributed by atoms with Gasteiger partial charge in [-0.2, -0.15) is 23.3 Å². The molecule has 202 valence electrons. The van der Waals surface area contributed by atoms with E-state index in [9.17, 15) is 22.8 Å². The fourth-order valence-electron chi connectivity index (χ4n) is 3.77. The molecule has 0 saturated heterocycles. The van der Waals surface area contributed by atoms with Crippen LogP contribution in [0.5, 0.6) is 11.5 Å². The first-order valence-corrected chi connectivity index (χ1v) is 12.4. The van der Waals surface area contributed by atoms with E-state index in [1.165, 1.54) is 19.2 Å². The molecule has 0 bridgehead atoms. The number of ether oxygens (including phenoxy) is 2. The number of carbonyl (C=O) groups is 2. The fraction of sp³-hybridized carbons (Fsp3) is 0.179. The number of nitrogens with zero attached hydrogens (tertiary/aromatic N) is 2. The summed E-state index contributed by atoms with van der Waals surface area (Å²) in [6.07, 6.45) is -3.00. The van der Waals surface area contributed by atoms with Gasteiger partial charge < -0.3 is 14.8 Å². The number of methoxy groups -OCH3 is 1. The van der Waals surface area contributed by atoms with Gasteiger partial charge in [-0.3, -0.25) is 9.59 Å². The van der Waals surface area contributed by atoms with Crippen molar-refractivity contribution >= 4 is 50.9 Å². The van der Waals surface area contributed by atoms with Gasteiger partial charge in [0.25, 0.3) is 11.8 Å². The monoisotopic (exact) mass is 601 g/mol. The summed E-state index contributed by atoms with van der Waals surface area (Å²) in [5, 5.41) is 7.85. The zero-order chi connectivity index (χ0) is 28.3. The molecule has 0 aromatic heterocycles. The molecule has 3 aromatic carbocycles. The standard InChI is InChI=1S/C28H23BrF3N3O4/c1-16-7-9-20(10-8-16)33-25(36)15-39-26-23(29)12-18(13-24(26)38-3)11-22-17(2)34-35(27(22)37)21-6-4-5-19(14-21)28(30,31)32/h4-14H,15H2,1-3H3,(H,33,36). The van der Waals surface area contributed by atoms with Crippen LogP contribution in [0.3, 0.4) is 0 Å². The van der Waals surface area contributed by atoms with E-state index in [2.05, 4.69) is 26.3 Å². The summed E-state index contributed by atoms with van der Waals surface area (Å²) in [5.41, 5.74) is 1.91. The van der Waals surface area contributed by atoms with Crippen molar-refractivity contribution in [1.29, 1.82) is 0 Å². The van der Waals surface area contributed by atoms with E-state index in [-0.39, 0.29) is 29.5 Å². The molecule has 11 heteroatoms. The highest BCUT2D eigenvalue weighted by molar-refractivity contribution is 9.10. The molecule has 4 rings (SSSR count). The van der Waals surface area contributed by atoms with Gasteiger partial charge in [0.05, 0.1) is 34.1 Å². The van der Waals surface area contributed by atoms with Crippen molar-refractivity contribution in [2.24, 2.45) is 5.10 Å². The molecule has 0 spiro atoms. The zero-order valence-corrected chi connectivity index (χ0v) is 22.7. The Morgan fingerprint density at radius 3 is 2.49 bits per heavy atom. The number of anilines is 2. The maximum atomic E-state index is 13.1. The van der Waals surface area contributed by atoms with E-state index >= 15 is 0 Å². The second kappa shape index (κ2) is 11.3. The minimum Gasteiger partial charge on any atom is -0.493 e. The summed E-state index contributed by atoms with van der Waals surface area (Å²) in [6, 6.07) is 15.0. The molecule has 1 heterocycles. The highest BCUT2D eigenvalue weighted by Gasteiger charge is 2.33. The Kier molecular flexibility index (Phi) is 8.10. The maximum absolute atomic E-state index is 13.1. The Labute approximate surface area is 231 Å². The van der Waals surface area contributed by atoms with Crippen molar-refractivity contribution < 1.29 is 32.2 Å². The molecule has 0 fully saturated rings. The molecule has 3 aromatic rings. The van der Waals surface area contributed by atoms with Crippen LogP contribution in [0.2, 0.25) is 0 Å². The van der Waals surface area contributed by atoms with Crippen LogP contribution in [0.4, 0.5) is 24.5 Å². The normalized spacial score (nSPS) is 14.4. The predicted molar refractivity (Wildman–Crippen MR) is 146 cm³/mol. The minimum atomic E-state index is -4.55. The number of aryl methyl sites for hydroxylation is 1. The lowest BCUT2D eigenvalue weighted by atomic mass is 10.1. The fourth-order valence-corrected chi connectivity index (χ4v) is 4.35. The number of benzene rings is 3. The molecule has 7 nitrogen and oxygen atoms in total. The molecule has 2 amide bonds. The molecule has 1 aliphatic heterocycles. The van der Waals surface area contributed by atoms with E-state index in [0.717, 1.165) is 22.7 Å². The van der Waals surface area contributed by atoms with Crippen LogP contribution in [0.1, 0.15) is 23.6 Å². The van der Waals surface area contributed by atoms with E-state index in [1.807, 2.05) is 19.1 Å². The molecule has 1 aliphatic rings. The second-order valence-electron chi connectivity index (χ2n) is 8.65. The van der Waals surface area contributed by atoms with Crippen molar-refractivity contribution in [3.05, 3.63) is 87.4 Å². The number of halogens is 4. The van der Waals surface area contributed by atoms with Crippen molar-refractivity contribution in [3.63, 3.8) is 0 Å². The van der Waals surface area contributed by atoms with Gasteiger partial charge in [0, 0.05) is 5.69 Å². The van der Waals surface area contributed by atoms with Gasteiger partial charge in [-0.05, 0) is 83.9 Å². The molecule has 0 saturated carbocycles. The van der Waals surface area contributed by atoms with Crippen LogP contribution in [-0.4, -0.2) is 31.2 Å². The molecule has 39 heavy (non-hydrogen) atoms. The topological polar surface area (TPSA) is 80.2 Å². The van der Waals surface area contributed by atoms with E-state index in [1.54, 1.807) is 37.3 Å². The number of amides is 2. The predicted octanol–water partition coefficient (Wildman–Crippen LogP) is 6.61. The Morgan fingerprint density at radius 1 is 1.10 bits per heavy atom. The Balaban J connectivity index is 1.52. The molecular formula is C28H23BrF3N3O4. The second-order valence-corrected chi connectivity index (χ2v) is 9.50. The van der Waals surface area contributed by atoms with Crippen molar-refractivity contribution in [3.8, 4) is 11.5 Å². The van der Waals surface area contributed by atoms with Gasteiger partial charge in [-0.15, -0.1) is 0 Å². The quantitative estimate of drug-likeness (QED) is 0.309. The molecular weight excluding hydrogens is 579 g/mol. The van der Waals surface area contributed by atoms with Crippen LogP contribution in [-0.2, 0) is 15.8 Å². The molecule has 0 radical (unpaired) electrons. The number of hydrogen-bond acceptors (Lipinski definition) is 5. The van der Waals surface area contributed by atoms with E-state index in [0.29, 0.717) is 27.2 Å². The number of carbonyl (C=O) groups excluding carboxylic acids is 2. The summed E-state index contributed by atoms with van der Waals surface area (Å²) in [7, 11) is 1.43. The smallest absolute Gasteiger partial charge is 0.416 e. The third kappa shape index (κ3) is 6.48. The first kappa shape index (κ1) is 27.9. The molecule has 0 atom stereocenters. The van der Waals surface area contributed by atoms with Crippen LogP contribution in [0.25, 0.3) is 6.08 Å². The first-order chi connectivity index (χ1) is 18.5. The zero-order valence-electron chi connectivity index (χ0n) is 21.1. The van der Waals surface area contributed by atoms with Crippen molar-refractivity contribution in [1.82, 2.24) is 0 Å². The van der Waals surface area contributed by atoms with Crippen molar-refractivity contribution in [2.45, 2.75) is 20.0 Å². The highest BCUT2D eigenvalue weighted by atomic mass is 79.9. The molecule has 0 unspecified atom stereocenters. The van der Waals surface area contributed by atoms with Gasteiger partial charge in [-0.1, -0.05) is 23.8 Å². The Morgan fingerprint density at radius 2 is 1.82 bits per heavy atom. The van der Waals surface area contributed by atoms with Gasteiger partial charge in [-0.25, -0.2) is 0 Å². The summed E-state index contributed by atoms with van der Waals surface area (Å²) in [4.78, 5) is 25.4. The lowest BCUT2D eigenvalue weighted by Gasteiger charge is -2.15. The van der Waals surface area contributed by atoms with Crippen LogP contribution in [0.15, 0.2) is 75.8 Å². The van der Waals surface area contributed by atoms with Gasteiger partial charge >= 0.3 is 6.18 Å². The highest BCUT2D eigenvalue weighted by Crippen LogP contribution is 2.38. The van der Waals surface area contributed by atoms with Gasteiger partial charge in [0.2, 0.25) is 0 Å². The first-order valence-electron chi connectivity index (χ1n) is 11.6. The summed E-state index contributed by atoms with van der Waals surface area (Å²) in [5.74, 6) is -0.353. The lowest BCUT2D eigenvalue weighted by molar-refractivity contribution is -0.137. The number of nitrogens with one attached hydrogen (secondary N) is 1. The lowest BCUT2D eigenvalue weighted by Crippen LogP contribution is -2.21. The summed E-state index contributed by atoms with van der Waals surface area (Å²) < 4.78 is 51.0. The van der Waals surface area contributed by atoms with Crippen LogP contribution in [0, 0.1) is 6.92 Å². The van der Waals surface area contributed by atoms with E-state index < -0.39 is 17.6 Å². The van der Waals surface area contributed by atoms with Crippen LogP contribution < -0.4 is 19.8 Å². The largest absolute Gasteiger partial charge is 0.493 e. The third-order valence-corrected chi connectivity index (χ3v) is 6.32. The summed E-state index contributed by atoms with van der Waals surface area (Å²) >= 11 is 3.42. The molecule has 1 N–H and O–H groups in total. The maximum Gasteiger partial charge on any atom is 0.416 e. The summed E-state index contributed by atoms with van der Waals surface area (Å²) in [6.45, 7) is 3.26. The number of hydrogen-bond donors (Lipinski definition) is 1. The number of alkyl halides is 3. The third-order valence-electron chi connectivity index (χ3n) is 5.73. The van der Waals surface area contributed by atoms with Crippen molar-refractivity contribution in [2.75, 3.05) is 24.0 Å². The SMILES string of the molecule is COc1cc(C=C2C(=O)N(c3cccc(C(F)(F)F)c3)N=C2C)cc(Br)c1OCC(=O)Nc1ccc(C)cc1. The minimum absolute atomic E-state index is 0.00370. The molecule has 0 aliphatic carbocycles. The van der Waals surface area contributed by atoms with Gasteiger partial charge in [0.1, 0.15) is 0 Å². The Hall–Kier alpha value is -4.12. The Bertz CT molecular complexity index is 1480. The average Bonchev–Trinajstić information content (AvgIpc) is 3.17. The van der Waals surface area contributed by atoms with Crippen LogP contribution >= 0.6 is 15.9 Å². The number of hydrazone groups is 1. The average molecular weight is 602 g/mol. The number of rotatable bonds is 7.